The number of carbonyl (C=O) groups is 1. The van der Waals surface area contributed by atoms with E-state index in [9.17, 15) is 4.79 Å². The van der Waals surface area contributed by atoms with Gasteiger partial charge in [-0.2, -0.15) is 0 Å². The zero-order valence-corrected chi connectivity index (χ0v) is 13.2. The molecule has 1 aromatic rings. The van der Waals surface area contributed by atoms with E-state index in [4.69, 9.17) is 16.3 Å². The molecule has 0 bridgehead atoms. The van der Waals surface area contributed by atoms with Gasteiger partial charge in [-0.25, -0.2) is 0 Å². The summed E-state index contributed by atoms with van der Waals surface area (Å²) in [5.41, 5.74) is 1.36. The summed E-state index contributed by atoms with van der Waals surface area (Å²) in [7, 11) is 1.71. The van der Waals surface area contributed by atoms with Crippen molar-refractivity contribution in [1.82, 2.24) is 4.90 Å². The molecule has 2 aliphatic rings. The number of amides is 1. The fourth-order valence-corrected chi connectivity index (χ4v) is 3.56. The molecule has 2 fully saturated rings. The van der Waals surface area contributed by atoms with Crippen molar-refractivity contribution in [2.45, 2.75) is 37.7 Å². The monoisotopic (exact) mass is 307 g/mol. The Bertz CT molecular complexity index is 488. The van der Waals surface area contributed by atoms with Crippen LogP contribution in [0.2, 0.25) is 5.02 Å². The van der Waals surface area contributed by atoms with Crippen molar-refractivity contribution in [1.29, 1.82) is 0 Å². The molecule has 0 N–H and O–H groups in total. The lowest BCUT2D eigenvalue weighted by Crippen LogP contribution is -2.56. The van der Waals surface area contributed by atoms with E-state index in [-0.39, 0.29) is 12.0 Å². The molecule has 1 saturated heterocycles. The Labute approximate surface area is 131 Å². The molecule has 1 heterocycles. The van der Waals surface area contributed by atoms with E-state index in [0.29, 0.717) is 11.8 Å². The Kier molecular flexibility index (Phi) is 4.51. The van der Waals surface area contributed by atoms with Crippen molar-refractivity contribution in [2.75, 3.05) is 20.2 Å². The summed E-state index contributed by atoms with van der Waals surface area (Å²) in [6.45, 7) is 1.54. The second-order valence-electron chi connectivity index (χ2n) is 6.20. The van der Waals surface area contributed by atoms with E-state index in [1.54, 1.807) is 7.11 Å². The second-order valence-corrected chi connectivity index (χ2v) is 6.64. The van der Waals surface area contributed by atoms with Gasteiger partial charge in [0.25, 0.3) is 0 Å². The van der Waals surface area contributed by atoms with Gasteiger partial charge in [0.2, 0.25) is 5.91 Å². The molecule has 114 valence electrons. The van der Waals surface area contributed by atoms with Crippen molar-refractivity contribution in [2.24, 2.45) is 5.92 Å². The first-order valence-electron chi connectivity index (χ1n) is 7.74. The highest BCUT2D eigenvalue weighted by molar-refractivity contribution is 6.30. The SMILES string of the molecule is COC1CN(C(=O)C2CCC(c3ccc(Cl)cc3)CC2)C1. The minimum absolute atomic E-state index is 0.214. The van der Waals surface area contributed by atoms with Gasteiger partial charge in [0.1, 0.15) is 0 Å². The molecule has 1 saturated carbocycles. The molecule has 1 aliphatic carbocycles. The van der Waals surface area contributed by atoms with E-state index >= 15 is 0 Å². The average molecular weight is 308 g/mol. The van der Waals surface area contributed by atoms with Crippen LogP contribution in [0.25, 0.3) is 0 Å². The van der Waals surface area contributed by atoms with Crippen LogP contribution in [0.1, 0.15) is 37.2 Å². The van der Waals surface area contributed by atoms with Gasteiger partial charge in [-0.15, -0.1) is 0 Å². The molecule has 1 amide bonds. The van der Waals surface area contributed by atoms with E-state index in [1.807, 2.05) is 17.0 Å². The first-order valence-corrected chi connectivity index (χ1v) is 8.12. The molecule has 0 unspecified atom stereocenters. The van der Waals surface area contributed by atoms with Gasteiger partial charge in [-0.1, -0.05) is 23.7 Å². The summed E-state index contributed by atoms with van der Waals surface area (Å²) in [5.74, 6) is 1.12. The Morgan fingerprint density at radius 1 is 1.14 bits per heavy atom. The first-order chi connectivity index (χ1) is 10.2. The van der Waals surface area contributed by atoms with Crippen LogP contribution in [-0.2, 0) is 9.53 Å². The lowest BCUT2D eigenvalue weighted by Gasteiger charge is -2.41. The number of methoxy groups -OCH3 is 1. The van der Waals surface area contributed by atoms with Gasteiger partial charge in [-0.3, -0.25) is 4.79 Å². The van der Waals surface area contributed by atoms with E-state index in [1.165, 1.54) is 5.56 Å². The number of nitrogens with zero attached hydrogens (tertiary/aromatic N) is 1. The van der Waals surface area contributed by atoms with E-state index in [2.05, 4.69) is 12.1 Å². The molecule has 0 atom stereocenters. The number of carbonyl (C=O) groups excluding carboxylic acids is 1. The van der Waals surface area contributed by atoms with Gasteiger partial charge in [0, 0.05) is 31.1 Å². The number of ether oxygens (including phenoxy) is 1. The second kappa shape index (κ2) is 6.37. The third kappa shape index (κ3) is 3.24. The average Bonchev–Trinajstić information content (AvgIpc) is 2.47. The number of likely N-dealkylation sites (tertiary alicyclic amines) is 1. The number of benzene rings is 1. The van der Waals surface area contributed by atoms with Gasteiger partial charge in [0.05, 0.1) is 6.10 Å². The third-order valence-corrected chi connectivity index (χ3v) is 5.16. The van der Waals surface area contributed by atoms with Crippen LogP contribution in [0, 0.1) is 5.92 Å². The fourth-order valence-electron chi connectivity index (χ4n) is 3.43. The summed E-state index contributed by atoms with van der Waals surface area (Å²) in [6.07, 6.45) is 4.44. The molecule has 0 spiro atoms. The summed E-state index contributed by atoms with van der Waals surface area (Å²) in [5, 5.41) is 0.785. The van der Waals surface area contributed by atoms with E-state index in [0.717, 1.165) is 43.8 Å². The van der Waals surface area contributed by atoms with Crippen LogP contribution in [0.4, 0.5) is 0 Å². The molecule has 0 aromatic heterocycles. The molecular formula is C17H22ClNO2. The summed E-state index contributed by atoms with van der Waals surface area (Å²) < 4.78 is 5.23. The Balaban J connectivity index is 1.51. The molecule has 4 heteroatoms. The highest BCUT2D eigenvalue weighted by Crippen LogP contribution is 2.37. The van der Waals surface area contributed by atoms with Gasteiger partial charge >= 0.3 is 0 Å². The fraction of sp³-hybridized carbons (Fsp3) is 0.588. The first kappa shape index (κ1) is 14.9. The van der Waals surface area contributed by atoms with Crippen LogP contribution in [0.3, 0.4) is 0 Å². The quantitative estimate of drug-likeness (QED) is 0.856. The smallest absolute Gasteiger partial charge is 0.225 e. The Morgan fingerprint density at radius 2 is 1.76 bits per heavy atom. The maximum absolute atomic E-state index is 12.4. The zero-order chi connectivity index (χ0) is 14.8. The number of hydrogen-bond acceptors (Lipinski definition) is 2. The number of hydrogen-bond donors (Lipinski definition) is 0. The molecule has 3 nitrogen and oxygen atoms in total. The third-order valence-electron chi connectivity index (χ3n) is 4.91. The van der Waals surface area contributed by atoms with Crippen molar-refractivity contribution < 1.29 is 9.53 Å². The molecule has 0 radical (unpaired) electrons. The van der Waals surface area contributed by atoms with Crippen molar-refractivity contribution >= 4 is 17.5 Å². The molecule has 21 heavy (non-hydrogen) atoms. The van der Waals surface area contributed by atoms with Gasteiger partial charge in [-0.05, 0) is 49.3 Å². The largest absolute Gasteiger partial charge is 0.378 e. The van der Waals surface area contributed by atoms with Crippen LogP contribution >= 0.6 is 11.6 Å². The summed E-state index contributed by atoms with van der Waals surface area (Å²) in [6, 6.07) is 8.15. The maximum Gasteiger partial charge on any atom is 0.225 e. The number of rotatable bonds is 3. The van der Waals surface area contributed by atoms with Crippen molar-refractivity contribution in [3.05, 3.63) is 34.9 Å². The maximum atomic E-state index is 12.4. The van der Waals surface area contributed by atoms with Crippen LogP contribution in [-0.4, -0.2) is 37.1 Å². The lowest BCUT2D eigenvalue weighted by molar-refractivity contribution is -0.148. The standard InChI is InChI=1S/C17H22ClNO2/c1-21-16-10-19(11-16)17(20)14-4-2-12(3-5-14)13-6-8-15(18)9-7-13/h6-9,12,14,16H,2-5,10-11H2,1H3. The molecular weight excluding hydrogens is 286 g/mol. The Hall–Kier alpha value is -1.06. The van der Waals surface area contributed by atoms with Crippen molar-refractivity contribution in [3.8, 4) is 0 Å². The van der Waals surface area contributed by atoms with Gasteiger partial charge < -0.3 is 9.64 Å². The van der Waals surface area contributed by atoms with Crippen LogP contribution in [0.5, 0.6) is 0 Å². The molecule has 3 rings (SSSR count). The molecule has 1 aliphatic heterocycles. The summed E-state index contributed by atoms with van der Waals surface area (Å²) >= 11 is 5.94. The summed E-state index contributed by atoms with van der Waals surface area (Å²) in [4.78, 5) is 14.3. The Morgan fingerprint density at radius 3 is 2.33 bits per heavy atom. The van der Waals surface area contributed by atoms with Crippen LogP contribution in [0.15, 0.2) is 24.3 Å². The minimum Gasteiger partial charge on any atom is -0.378 e. The zero-order valence-electron chi connectivity index (χ0n) is 12.4. The number of halogens is 1. The highest BCUT2D eigenvalue weighted by atomic mass is 35.5. The van der Waals surface area contributed by atoms with E-state index < -0.39 is 0 Å². The predicted octanol–water partition coefficient (Wildman–Crippen LogP) is 3.47. The van der Waals surface area contributed by atoms with Gasteiger partial charge in [0.15, 0.2) is 0 Å². The highest BCUT2D eigenvalue weighted by Gasteiger charge is 2.36. The lowest BCUT2D eigenvalue weighted by atomic mass is 9.78. The van der Waals surface area contributed by atoms with Crippen LogP contribution < -0.4 is 0 Å². The predicted molar refractivity (Wildman–Crippen MR) is 83.5 cm³/mol. The molecule has 1 aromatic carbocycles. The van der Waals surface area contributed by atoms with Crippen molar-refractivity contribution in [3.63, 3.8) is 0 Å². The minimum atomic E-state index is 0.214. The normalized spacial score (nSPS) is 26.5. The topological polar surface area (TPSA) is 29.5 Å².